The van der Waals surface area contributed by atoms with E-state index in [-0.39, 0.29) is 28.7 Å². The Kier molecular flexibility index (Phi) is 5.62. The molecule has 0 spiro atoms. The molecule has 1 aliphatic heterocycles. The van der Waals surface area contributed by atoms with E-state index in [2.05, 4.69) is 0 Å². The minimum absolute atomic E-state index is 0.0938. The molecule has 0 amide bonds. The van der Waals surface area contributed by atoms with Crippen LogP contribution in [0, 0.1) is 10.1 Å². The molecular weight excluding hydrogens is 413 g/mol. The second-order valence-electron chi connectivity index (χ2n) is 6.23. The first-order chi connectivity index (χ1) is 12.7. The van der Waals surface area contributed by atoms with Crippen LogP contribution in [0.4, 0.5) is 11.4 Å². The highest BCUT2D eigenvalue weighted by Gasteiger charge is 2.36. The van der Waals surface area contributed by atoms with Gasteiger partial charge in [0, 0.05) is 36.8 Å². The van der Waals surface area contributed by atoms with Crippen molar-refractivity contribution in [3.8, 4) is 0 Å². The van der Waals surface area contributed by atoms with Crippen LogP contribution in [0.5, 0.6) is 0 Å². The molecule has 2 aromatic rings. The molecule has 7 nitrogen and oxygen atoms in total. The number of halogens is 2. The Morgan fingerprint density at radius 2 is 1.78 bits per heavy atom. The summed E-state index contributed by atoms with van der Waals surface area (Å²) in [5.41, 5.74) is 0.225. The lowest BCUT2D eigenvalue weighted by atomic mass is 10.2. The highest BCUT2D eigenvalue weighted by atomic mass is 35.5. The molecule has 0 aromatic heterocycles. The van der Waals surface area contributed by atoms with Gasteiger partial charge in [0.05, 0.1) is 14.8 Å². The maximum atomic E-state index is 12.9. The Balaban J connectivity index is 1.87. The van der Waals surface area contributed by atoms with Gasteiger partial charge in [0.15, 0.2) is 0 Å². The topological polar surface area (TPSA) is 83.8 Å². The fraction of sp³-hybridized carbons (Fsp3) is 0.294. The predicted molar refractivity (Wildman–Crippen MR) is 105 cm³/mol. The first-order valence-corrected chi connectivity index (χ1v) is 10.4. The number of hydrogen-bond acceptors (Lipinski definition) is 5. The van der Waals surface area contributed by atoms with Crippen molar-refractivity contribution in [1.82, 2.24) is 4.31 Å². The molecule has 0 radical (unpaired) electrons. The van der Waals surface area contributed by atoms with Crippen LogP contribution in [0.2, 0.25) is 10.0 Å². The fourth-order valence-corrected chi connectivity index (χ4v) is 5.24. The number of anilines is 1. The Morgan fingerprint density at radius 3 is 2.37 bits per heavy atom. The number of hydrogen-bond donors (Lipinski definition) is 0. The van der Waals surface area contributed by atoms with Gasteiger partial charge in [-0.25, -0.2) is 8.42 Å². The summed E-state index contributed by atoms with van der Waals surface area (Å²) in [5, 5.41) is 12.1. The second-order valence-corrected chi connectivity index (χ2v) is 8.96. The van der Waals surface area contributed by atoms with Gasteiger partial charge in [-0.2, -0.15) is 4.31 Å². The largest absolute Gasteiger partial charge is 0.362 e. The molecule has 3 rings (SSSR count). The van der Waals surface area contributed by atoms with Crippen LogP contribution >= 0.6 is 23.2 Å². The smallest absolute Gasteiger partial charge is 0.294 e. The lowest BCUT2D eigenvalue weighted by Gasteiger charge is -2.40. The summed E-state index contributed by atoms with van der Waals surface area (Å²) < 4.78 is 27.2. The van der Waals surface area contributed by atoms with E-state index in [1.165, 1.54) is 40.7 Å². The third-order valence-corrected chi connectivity index (χ3v) is 7.05. The minimum atomic E-state index is -3.69. The number of nitro benzene ring substituents is 1. The molecule has 1 saturated heterocycles. The third-order valence-electron chi connectivity index (χ3n) is 4.47. The molecular formula is C17H17Cl2N3O4S. The molecule has 144 valence electrons. The van der Waals surface area contributed by atoms with Crippen LogP contribution in [-0.2, 0) is 10.0 Å². The fourth-order valence-electron chi connectivity index (χ4n) is 3.21. The first-order valence-electron chi connectivity index (χ1n) is 8.17. The van der Waals surface area contributed by atoms with Crippen molar-refractivity contribution in [3.05, 3.63) is 62.6 Å². The van der Waals surface area contributed by atoms with Gasteiger partial charge in [-0.15, -0.1) is 0 Å². The van der Waals surface area contributed by atoms with Crippen molar-refractivity contribution < 1.29 is 13.3 Å². The van der Waals surface area contributed by atoms with E-state index in [1.807, 2.05) is 0 Å². The summed E-state index contributed by atoms with van der Waals surface area (Å²) in [6.07, 6.45) is 0. The van der Waals surface area contributed by atoms with E-state index in [0.29, 0.717) is 17.3 Å². The number of piperazine rings is 1. The number of sulfonamides is 1. The van der Waals surface area contributed by atoms with Crippen molar-refractivity contribution in [2.75, 3.05) is 24.5 Å². The highest BCUT2D eigenvalue weighted by Crippen LogP contribution is 2.37. The van der Waals surface area contributed by atoms with Crippen LogP contribution in [0.15, 0.2) is 47.4 Å². The summed E-state index contributed by atoms with van der Waals surface area (Å²) in [7, 11) is -3.69. The maximum Gasteiger partial charge on any atom is 0.294 e. The van der Waals surface area contributed by atoms with Gasteiger partial charge in [-0.05, 0) is 37.3 Å². The van der Waals surface area contributed by atoms with Crippen LogP contribution in [0.3, 0.4) is 0 Å². The Bertz CT molecular complexity index is 967. The summed E-state index contributed by atoms with van der Waals surface area (Å²) in [6.45, 7) is 2.54. The third kappa shape index (κ3) is 3.89. The van der Waals surface area contributed by atoms with Gasteiger partial charge >= 0.3 is 0 Å². The zero-order valence-electron chi connectivity index (χ0n) is 14.4. The number of nitro groups is 1. The van der Waals surface area contributed by atoms with Crippen molar-refractivity contribution in [2.24, 2.45) is 0 Å². The van der Waals surface area contributed by atoms with Crippen molar-refractivity contribution in [2.45, 2.75) is 17.9 Å². The average molecular weight is 430 g/mol. The van der Waals surface area contributed by atoms with Gasteiger partial charge in [0.1, 0.15) is 5.69 Å². The quantitative estimate of drug-likeness (QED) is 0.544. The molecule has 2 aromatic carbocycles. The monoisotopic (exact) mass is 429 g/mol. The van der Waals surface area contributed by atoms with Crippen LogP contribution < -0.4 is 4.90 Å². The van der Waals surface area contributed by atoms with Crippen molar-refractivity contribution in [1.29, 1.82) is 0 Å². The van der Waals surface area contributed by atoms with Crippen LogP contribution in [0.25, 0.3) is 0 Å². The maximum absolute atomic E-state index is 12.9. The van der Waals surface area contributed by atoms with E-state index >= 15 is 0 Å². The zero-order chi connectivity index (χ0) is 19.8. The molecule has 0 unspecified atom stereocenters. The van der Waals surface area contributed by atoms with E-state index < -0.39 is 21.0 Å². The molecule has 1 fully saturated rings. The summed E-state index contributed by atoms with van der Waals surface area (Å²) in [5.74, 6) is 0. The van der Waals surface area contributed by atoms with Gasteiger partial charge in [0.2, 0.25) is 10.0 Å². The van der Waals surface area contributed by atoms with Gasteiger partial charge in [-0.1, -0.05) is 29.3 Å². The van der Waals surface area contributed by atoms with Gasteiger partial charge in [-0.3, -0.25) is 10.1 Å². The number of para-hydroxylation sites is 1. The summed E-state index contributed by atoms with van der Waals surface area (Å²) in [6, 6.07) is 10.1. The van der Waals surface area contributed by atoms with Crippen LogP contribution in [-0.4, -0.2) is 43.3 Å². The molecule has 1 heterocycles. The summed E-state index contributed by atoms with van der Waals surface area (Å²) >= 11 is 12.0. The van der Waals surface area contributed by atoms with E-state index in [4.69, 9.17) is 23.2 Å². The van der Waals surface area contributed by atoms with Gasteiger partial charge < -0.3 is 4.90 Å². The predicted octanol–water partition coefficient (Wildman–Crippen LogP) is 3.80. The molecule has 0 N–H and O–H groups in total. The van der Waals surface area contributed by atoms with E-state index in [9.17, 15) is 18.5 Å². The normalized spacial score (nSPS) is 18.5. The summed E-state index contributed by atoms with van der Waals surface area (Å²) in [4.78, 5) is 12.8. The molecule has 10 heteroatoms. The van der Waals surface area contributed by atoms with Crippen molar-refractivity contribution >= 4 is 44.6 Å². The first kappa shape index (κ1) is 19.9. The van der Waals surface area contributed by atoms with Crippen molar-refractivity contribution in [3.63, 3.8) is 0 Å². The Labute approximate surface area is 167 Å². The van der Waals surface area contributed by atoms with E-state index in [1.54, 1.807) is 17.9 Å². The Hall–Kier alpha value is -1.87. The lowest BCUT2D eigenvalue weighted by Crippen LogP contribution is -2.54. The molecule has 0 saturated carbocycles. The minimum Gasteiger partial charge on any atom is -0.362 e. The SMILES string of the molecule is C[C@H]1CN(c2c(Cl)cccc2[N+](=O)[O-])CCN1S(=O)(=O)c1ccc(Cl)cc1. The standard InChI is InChI=1S/C17H17Cl2N3O4S/c1-12-11-20(17-15(19)3-2-4-16(17)22(23)24)9-10-21(12)27(25,26)14-7-5-13(18)6-8-14/h2-8,12H,9-11H2,1H3/t12-/m0/s1. The number of benzene rings is 2. The molecule has 0 bridgehead atoms. The zero-order valence-corrected chi connectivity index (χ0v) is 16.7. The van der Waals surface area contributed by atoms with Crippen LogP contribution in [0.1, 0.15) is 6.92 Å². The van der Waals surface area contributed by atoms with E-state index in [0.717, 1.165) is 0 Å². The molecule has 0 aliphatic carbocycles. The molecule has 1 aliphatic rings. The molecule has 1 atom stereocenters. The highest BCUT2D eigenvalue weighted by molar-refractivity contribution is 7.89. The molecule has 27 heavy (non-hydrogen) atoms. The average Bonchev–Trinajstić information content (AvgIpc) is 2.61. The lowest BCUT2D eigenvalue weighted by molar-refractivity contribution is -0.384. The Morgan fingerprint density at radius 1 is 1.11 bits per heavy atom. The van der Waals surface area contributed by atoms with Gasteiger partial charge in [0.25, 0.3) is 5.69 Å². The number of rotatable bonds is 4. The second kappa shape index (κ2) is 7.63. The number of nitrogens with zero attached hydrogens (tertiary/aromatic N) is 3.